The summed E-state index contributed by atoms with van der Waals surface area (Å²) < 4.78 is 13.6. The molecule has 0 spiro atoms. The number of carbonyl (C=O) groups excluding carboxylic acids is 1. The number of halogens is 1. The molecule has 1 aromatic rings. The maximum Gasteiger partial charge on any atom is 0.335 e. The monoisotopic (exact) mass is 295 g/mol. The van der Waals surface area contributed by atoms with Crippen LogP contribution in [-0.2, 0) is 9.59 Å². The van der Waals surface area contributed by atoms with Crippen molar-refractivity contribution in [2.75, 3.05) is 5.32 Å². The number of rotatable bonds is 4. The molecule has 1 amide bonds. The number of aliphatic carboxylic acids is 1. The molecule has 21 heavy (non-hydrogen) atoms. The van der Waals surface area contributed by atoms with Crippen molar-refractivity contribution in [3.05, 3.63) is 29.6 Å². The summed E-state index contributed by atoms with van der Waals surface area (Å²) in [6, 6.07) is 3.01. The second-order valence-corrected chi connectivity index (χ2v) is 5.60. The highest BCUT2D eigenvalue weighted by Crippen LogP contribution is 2.58. The van der Waals surface area contributed by atoms with Crippen LogP contribution >= 0.6 is 0 Å². The number of anilines is 1. The van der Waals surface area contributed by atoms with Crippen molar-refractivity contribution >= 4 is 23.5 Å². The molecule has 0 aliphatic heterocycles. The molecule has 6 nitrogen and oxygen atoms in total. The van der Waals surface area contributed by atoms with E-state index in [4.69, 9.17) is 10.2 Å². The van der Waals surface area contributed by atoms with E-state index in [1.54, 1.807) is 13.8 Å². The van der Waals surface area contributed by atoms with Crippen LogP contribution in [0.15, 0.2) is 18.2 Å². The average Bonchev–Trinajstić information content (AvgIpc) is 2.95. The fourth-order valence-corrected chi connectivity index (χ4v) is 2.55. The van der Waals surface area contributed by atoms with Crippen LogP contribution in [0.1, 0.15) is 24.2 Å². The molecule has 112 valence electrons. The highest BCUT2D eigenvalue weighted by atomic mass is 19.1. The van der Waals surface area contributed by atoms with Crippen LogP contribution in [-0.4, -0.2) is 28.1 Å². The molecular weight excluding hydrogens is 281 g/mol. The van der Waals surface area contributed by atoms with Crippen molar-refractivity contribution < 1.29 is 29.0 Å². The number of amides is 1. The first-order valence-electron chi connectivity index (χ1n) is 6.22. The maximum atomic E-state index is 13.6. The van der Waals surface area contributed by atoms with E-state index in [0.29, 0.717) is 0 Å². The molecule has 0 saturated heterocycles. The Morgan fingerprint density at radius 3 is 2.29 bits per heavy atom. The third kappa shape index (κ3) is 2.58. The Morgan fingerprint density at radius 2 is 1.81 bits per heavy atom. The summed E-state index contributed by atoms with van der Waals surface area (Å²) in [6.45, 7) is 3.28. The van der Waals surface area contributed by atoms with Gasteiger partial charge in [0.05, 0.1) is 23.1 Å². The number of benzene rings is 1. The van der Waals surface area contributed by atoms with Gasteiger partial charge in [-0.1, -0.05) is 13.8 Å². The fourth-order valence-electron chi connectivity index (χ4n) is 2.55. The SMILES string of the molecule is CC1(C)[C@H](C(=O)O)[C@@H]1C(=O)Nc1cc(C(=O)O)ccc1F. The van der Waals surface area contributed by atoms with Gasteiger partial charge in [0.25, 0.3) is 0 Å². The molecule has 1 aliphatic carbocycles. The average molecular weight is 295 g/mol. The van der Waals surface area contributed by atoms with Gasteiger partial charge in [-0.25, -0.2) is 9.18 Å². The van der Waals surface area contributed by atoms with Crippen molar-refractivity contribution in [2.45, 2.75) is 13.8 Å². The third-order valence-corrected chi connectivity index (χ3v) is 3.85. The van der Waals surface area contributed by atoms with Crippen LogP contribution in [0, 0.1) is 23.1 Å². The Hall–Kier alpha value is -2.44. The zero-order valence-corrected chi connectivity index (χ0v) is 11.4. The molecule has 2 rings (SSSR count). The first kappa shape index (κ1) is 15.0. The minimum absolute atomic E-state index is 0.170. The number of hydrogen-bond donors (Lipinski definition) is 3. The Morgan fingerprint density at radius 1 is 1.19 bits per heavy atom. The summed E-state index contributed by atoms with van der Waals surface area (Å²) in [5.74, 6) is -5.35. The highest BCUT2D eigenvalue weighted by Gasteiger charge is 2.65. The normalized spacial score (nSPS) is 22.4. The Labute approximate surface area is 119 Å². The van der Waals surface area contributed by atoms with E-state index in [1.807, 2.05) is 0 Å². The molecule has 1 fully saturated rings. The molecular formula is C14H14FNO5. The number of aromatic carboxylic acids is 1. The molecule has 7 heteroatoms. The topological polar surface area (TPSA) is 104 Å². The molecule has 0 bridgehead atoms. The Bertz CT molecular complexity index is 640. The van der Waals surface area contributed by atoms with Crippen LogP contribution in [0.3, 0.4) is 0 Å². The van der Waals surface area contributed by atoms with Crippen molar-refractivity contribution in [2.24, 2.45) is 17.3 Å². The Kier molecular flexibility index (Phi) is 3.44. The fraction of sp³-hybridized carbons (Fsp3) is 0.357. The lowest BCUT2D eigenvalue weighted by Crippen LogP contribution is -2.19. The Balaban J connectivity index is 2.20. The largest absolute Gasteiger partial charge is 0.481 e. The van der Waals surface area contributed by atoms with Gasteiger partial charge in [-0.2, -0.15) is 0 Å². The summed E-state index contributed by atoms with van der Waals surface area (Å²) in [7, 11) is 0. The van der Waals surface area contributed by atoms with Gasteiger partial charge in [-0.3, -0.25) is 9.59 Å². The standard InChI is InChI=1S/C14H14FNO5/c1-14(2)9(10(14)13(20)21)11(17)16-8-5-6(12(18)19)3-4-7(8)15/h3-5,9-10H,1-2H3,(H,16,17)(H,18,19)(H,20,21)/t9-,10+/m1/s1. The number of carboxylic acids is 2. The number of hydrogen-bond acceptors (Lipinski definition) is 3. The third-order valence-electron chi connectivity index (χ3n) is 3.85. The van der Waals surface area contributed by atoms with E-state index < -0.39 is 40.9 Å². The molecule has 3 N–H and O–H groups in total. The maximum absolute atomic E-state index is 13.6. The van der Waals surface area contributed by atoms with E-state index in [9.17, 15) is 18.8 Å². The first-order valence-corrected chi connectivity index (χ1v) is 6.22. The van der Waals surface area contributed by atoms with Crippen LogP contribution < -0.4 is 5.32 Å². The minimum Gasteiger partial charge on any atom is -0.481 e. The van der Waals surface area contributed by atoms with Crippen LogP contribution in [0.5, 0.6) is 0 Å². The molecule has 1 aliphatic rings. The van der Waals surface area contributed by atoms with Crippen LogP contribution in [0.2, 0.25) is 0 Å². The number of carbonyl (C=O) groups is 3. The first-order chi connectivity index (χ1) is 9.66. The van der Waals surface area contributed by atoms with Crippen molar-refractivity contribution in [1.29, 1.82) is 0 Å². The van der Waals surface area contributed by atoms with E-state index in [-0.39, 0.29) is 11.3 Å². The van der Waals surface area contributed by atoms with Gasteiger partial charge in [-0.15, -0.1) is 0 Å². The second-order valence-electron chi connectivity index (χ2n) is 5.60. The van der Waals surface area contributed by atoms with E-state index in [0.717, 1.165) is 18.2 Å². The smallest absolute Gasteiger partial charge is 0.335 e. The zero-order chi connectivity index (χ0) is 15.9. The molecule has 1 saturated carbocycles. The van der Waals surface area contributed by atoms with Crippen molar-refractivity contribution in [3.8, 4) is 0 Å². The molecule has 2 atom stereocenters. The lowest BCUT2D eigenvalue weighted by Gasteiger charge is -2.08. The van der Waals surface area contributed by atoms with Crippen molar-refractivity contribution in [3.63, 3.8) is 0 Å². The van der Waals surface area contributed by atoms with Gasteiger partial charge in [-0.05, 0) is 23.6 Å². The van der Waals surface area contributed by atoms with Gasteiger partial charge in [0.2, 0.25) is 5.91 Å². The van der Waals surface area contributed by atoms with Gasteiger partial charge in [0.15, 0.2) is 0 Å². The lowest BCUT2D eigenvalue weighted by atomic mass is 10.1. The predicted octanol–water partition coefficient (Wildman–Crippen LogP) is 1.82. The van der Waals surface area contributed by atoms with Crippen LogP contribution in [0.4, 0.5) is 10.1 Å². The van der Waals surface area contributed by atoms with E-state index in [1.165, 1.54) is 0 Å². The summed E-state index contributed by atoms with van der Waals surface area (Å²) in [6.07, 6.45) is 0. The van der Waals surface area contributed by atoms with Gasteiger partial charge in [0, 0.05) is 0 Å². The van der Waals surface area contributed by atoms with Gasteiger partial charge in [0.1, 0.15) is 5.82 Å². The van der Waals surface area contributed by atoms with Gasteiger partial charge < -0.3 is 15.5 Å². The second kappa shape index (κ2) is 4.83. The predicted molar refractivity (Wildman–Crippen MR) is 70.4 cm³/mol. The quantitative estimate of drug-likeness (QED) is 0.786. The van der Waals surface area contributed by atoms with Crippen molar-refractivity contribution in [1.82, 2.24) is 0 Å². The number of carboxylic acid groups (broad SMARTS) is 2. The summed E-state index contributed by atoms with van der Waals surface area (Å²) in [5, 5.41) is 20.1. The van der Waals surface area contributed by atoms with Gasteiger partial charge >= 0.3 is 11.9 Å². The lowest BCUT2D eigenvalue weighted by molar-refractivity contribution is -0.140. The van der Waals surface area contributed by atoms with E-state index in [2.05, 4.69) is 5.32 Å². The molecule has 0 unspecified atom stereocenters. The zero-order valence-electron chi connectivity index (χ0n) is 11.4. The van der Waals surface area contributed by atoms with Crippen LogP contribution in [0.25, 0.3) is 0 Å². The highest BCUT2D eigenvalue weighted by molar-refractivity contribution is 6.00. The molecule has 1 aromatic carbocycles. The minimum atomic E-state index is -1.25. The molecule has 0 radical (unpaired) electrons. The molecule has 0 aromatic heterocycles. The van der Waals surface area contributed by atoms with E-state index >= 15 is 0 Å². The summed E-state index contributed by atoms with van der Waals surface area (Å²) >= 11 is 0. The summed E-state index contributed by atoms with van der Waals surface area (Å²) in [4.78, 5) is 33.9. The number of nitrogens with one attached hydrogen (secondary N) is 1. The summed E-state index contributed by atoms with van der Waals surface area (Å²) in [5.41, 5.74) is -1.15. The molecule has 0 heterocycles.